The lowest BCUT2D eigenvalue weighted by atomic mass is 10.1. The number of carbonyl (C=O) groups is 2. The Labute approximate surface area is 88.8 Å². The third-order valence-corrected chi connectivity index (χ3v) is 3.52. The van der Waals surface area contributed by atoms with Gasteiger partial charge >= 0.3 is 18.1 Å². The minimum atomic E-state index is -4.90. The van der Waals surface area contributed by atoms with Crippen LogP contribution in [0.3, 0.4) is 0 Å². The van der Waals surface area contributed by atoms with E-state index in [9.17, 15) is 22.8 Å². The molecule has 2 saturated carbocycles. The second kappa shape index (κ2) is 3.11. The molecule has 0 aromatic carbocycles. The van der Waals surface area contributed by atoms with Crippen molar-refractivity contribution in [3.63, 3.8) is 0 Å². The van der Waals surface area contributed by atoms with Crippen LogP contribution in [0.5, 0.6) is 0 Å². The van der Waals surface area contributed by atoms with Gasteiger partial charge in [-0.15, -0.1) is 0 Å². The molecule has 7 heteroatoms. The fourth-order valence-corrected chi connectivity index (χ4v) is 2.54. The summed E-state index contributed by atoms with van der Waals surface area (Å²) in [5, 5.41) is 10.8. The van der Waals surface area contributed by atoms with E-state index in [4.69, 9.17) is 5.11 Å². The quantitative estimate of drug-likeness (QED) is 0.750. The Balaban J connectivity index is 1.97. The molecule has 4 nitrogen and oxygen atoms in total. The summed E-state index contributed by atoms with van der Waals surface area (Å²) >= 11 is 0. The second-order valence-electron chi connectivity index (χ2n) is 4.39. The minimum Gasteiger partial charge on any atom is -0.481 e. The number of aliphatic carboxylic acids is 1. The average Bonchev–Trinajstić information content (AvgIpc) is 2.79. The van der Waals surface area contributed by atoms with Crippen molar-refractivity contribution in [1.82, 2.24) is 5.32 Å². The van der Waals surface area contributed by atoms with Crippen molar-refractivity contribution >= 4 is 11.9 Å². The molecule has 2 fully saturated rings. The molecule has 0 aromatic heterocycles. The number of rotatable bonds is 2. The lowest BCUT2D eigenvalue weighted by Crippen LogP contribution is -2.43. The SMILES string of the molecule is O=C(N[C@@H]1CC[C@@]2(C(=O)O)C[C@@H]12)C(F)(F)F. The first-order valence-corrected chi connectivity index (χ1v) is 4.88. The van der Waals surface area contributed by atoms with Crippen LogP contribution in [0.15, 0.2) is 0 Å². The number of halogens is 3. The van der Waals surface area contributed by atoms with Crippen molar-refractivity contribution in [2.24, 2.45) is 11.3 Å². The first kappa shape index (κ1) is 11.2. The standard InChI is InChI=1S/C9H10F3NO3/c10-9(11,12)6(14)13-5-1-2-8(7(15)16)3-4(5)8/h4-5H,1-3H2,(H,13,14)(H,15,16)/t4-,5+,8+/m0/s1. The molecule has 2 rings (SSSR count). The van der Waals surface area contributed by atoms with Gasteiger partial charge in [-0.2, -0.15) is 13.2 Å². The van der Waals surface area contributed by atoms with Crippen LogP contribution < -0.4 is 5.32 Å². The molecule has 2 N–H and O–H groups in total. The van der Waals surface area contributed by atoms with Crippen molar-refractivity contribution in [1.29, 1.82) is 0 Å². The molecule has 1 amide bonds. The fourth-order valence-electron chi connectivity index (χ4n) is 2.54. The zero-order valence-electron chi connectivity index (χ0n) is 8.17. The number of nitrogens with one attached hydrogen (secondary N) is 1. The van der Waals surface area contributed by atoms with E-state index >= 15 is 0 Å². The summed E-state index contributed by atoms with van der Waals surface area (Å²) in [6.45, 7) is 0. The molecule has 0 aliphatic heterocycles. The van der Waals surface area contributed by atoms with Gasteiger partial charge in [0, 0.05) is 6.04 Å². The predicted octanol–water partition coefficient (Wildman–Crippen LogP) is 0.918. The van der Waals surface area contributed by atoms with E-state index in [-0.39, 0.29) is 5.92 Å². The summed E-state index contributed by atoms with van der Waals surface area (Å²) in [7, 11) is 0. The minimum absolute atomic E-state index is 0.304. The number of fused-ring (bicyclic) bond motifs is 1. The van der Waals surface area contributed by atoms with Gasteiger partial charge in [0.2, 0.25) is 0 Å². The molecule has 3 atom stereocenters. The molecule has 0 saturated heterocycles. The average molecular weight is 237 g/mol. The molecular weight excluding hydrogens is 227 g/mol. The van der Waals surface area contributed by atoms with Gasteiger partial charge in [-0.3, -0.25) is 9.59 Å². The van der Waals surface area contributed by atoms with Gasteiger partial charge in [-0.05, 0) is 25.2 Å². The normalized spacial score (nSPS) is 36.7. The zero-order chi connectivity index (χ0) is 12.1. The first-order valence-electron chi connectivity index (χ1n) is 4.88. The number of carboxylic acids is 1. The van der Waals surface area contributed by atoms with E-state index in [1.807, 2.05) is 5.32 Å². The molecule has 0 radical (unpaired) electrons. The largest absolute Gasteiger partial charge is 0.481 e. The summed E-state index contributed by atoms with van der Waals surface area (Å²) < 4.78 is 35.9. The van der Waals surface area contributed by atoms with Crippen molar-refractivity contribution in [3.8, 4) is 0 Å². The Kier molecular flexibility index (Phi) is 2.18. The number of hydrogen-bond acceptors (Lipinski definition) is 2. The lowest BCUT2D eigenvalue weighted by Gasteiger charge is -2.14. The van der Waals surface area contributed by atoms with Crippen molar-refractivity contribution in [2.45, 2.75) is 31.5 Å². The zero-order valence-corrected chi connectivity index (χ0v) is 8.17. The van der Waals surface area contributed by atoms with Crippen LogP contribution >= 0.6 is 0 Å². The number of carboxylic acid groups (broad SMARTS) is 1. The van der Waals surface area contributed by atoms with E-state index in [0.717, 1.165) is 0 Å². The Morgan fingerprint density at radius 3 is 2.38 bits per heavy atom. The van der Waals surface area contributed by atoms with Gasteiger partial charge in [0.25, 0.3) is 0 Å². The maximum absolute atomic E-state index is 12.0. The van der Waals surface area contributed by atoms with Crippen molar-refractivity contribution in [3.05, 3.63) is 0 Å². The number of carbonyl (C=O) groups excluding carboxylic acids is 1. The topological polar surface area (TPSA) is 66.4 Å². The van der Waals surface area contributed by atoms with Crippen LogP contribution in [0.2, 0.25) is 0 Å². The molecule has 0 bridgehead atoms. The Hall–Kier alpha value is -1.27. The highest BCUT2D eigenvalue weighted by atomic mass is 19.4. The highest BCUT2D eigenvalue weighted by molar-refractivity contribution is 5.83. The van der Waals surface area contributed by atoms with Gasteiger partial charge in [-0.25, -0.2) is 0 Å². The molecule has 2 aliphatic carbocycles. The fraction of sp³-hybridized carbons (Fsp3) is 0.778. The summed E-state index contributed by atoms with van der Waals surface area (Å²) in [6.07, 6.45) is -3.89. The summed E-state index contributed by atoms with van der Waals surface area (Å²) in [5.74, 6) is -3.29. The van der Waals surface area contributed by atoms with Crippen LogP contribution in [0.4, 0.5) is 13.2 Å². The number of amides is 1. The molecule has 0 unspecified atom stereocenters. The molecular formula is C9H10F3NO3. The second-order valence-corrected chi connectivity index (χ2v) is 4.39. The van der Waals surface area contributed by atoms with Crippen LogP contribution in [0.25, 0.3) is 0 Å². The molecule has 2 aliphatic rings. The highest BCUT2D eigenvalue weighted by Crippen LogP contribution is 2.63. The van der Waals surface area contributed by atoms with Crippen LogP contribution in [-0.4, -0.2) is 29.2 Å². The van der Waals surface area contributed by atoms with Crippen LogP contribution in [0, 0.1) is 11.3 Å². The van der Waals surface area contributed by atoms with Crippen molar-refractivity contribution in [2.75, 3.05) is 0 Å². The third-order valence-electron chi connectivity index (χ3n) is 3.52. The van der Waals surface area contributed by atoms with Gasteiger partial charge in [-0.1, -0.05) is 0 Å². The summed E-state index contributed by atoms with van der Waals surface area (Å²) in [4.78, 5) is 21.5. The van der Waals surface area contributed by atoms with Crippen LogP contribution in [-0.2, 0) is 9.59 Å². The highest BCUT2D eigenvalue weighted by Gasteiger charge is 2.67. The number of alkyl halides is 3. The Morgan fingerprint density at radius 2 is 2.00 bits per heavy atom. The Bertz CT molecular complexity index is 354. The monoisotopic (exact) mass is 237 g/mol. The van der Waals surface area contributed by atoms with Crippen molar-refractivity contribution < 1.29 is 27.9 Å². The molecule has 0 aromatic rings. The lowest BCUT2D eigenvalue weighted by molar-refractivity contribution is -0.174. The van der Waals surface area contributed by atoms with Gasteiger partial charge in [0.1, 0.15) is 0 Å². The maximum Gasteiger partial charge on any atom is 0.471 e. The third kappa shape index (κ3) is 1.54. The summed E-state index contributed by atoms with van der Waals surface area (Å²) in [6, 6.07) is -0.648. The van der Waals surface area contributed by atoms with Gasteiger partial charge < -0.3 is 10.4 Å². The first-order chi connectivity index (χ1) is 7.27. The Morgan fingerprint density at radius 1 is 1.38 bits per heavy atom. The molecule has 90 valence electrons. The molecule has 16 heavy (non-hydrogen) atoms. The van der Waals surface area contributed by atoms with Crippen LogP contribution in [0.1, 0.15) is 19.3 Å². The maximum atomic E-state index is 12.0. The predicted molar refractivity (Wildman–Crippen MR) is 45.4 cm³/mol. The molecule has 0 heterocycles. The van der Waals surface area contributed by atoms with E-state index in [2.05, 4.69) is 0 Å². The van der Waals surface area contributed by atoms with E-state index < -0.39 is 29.5 Å². The van der Waals surface area contributed by atoms with E-state index in [0.29, 0.717) is 19.3 Å². The summed E-state index contributed by atoms with van der Waals surface area (Å²) in [5.41, 5.74) is -0.871. The molecule has 0 spiro atoms. The van der Waals surface area contributed by atoms with E-state index in [1.165, 1.54) is 0 Å². The smallest absolute Gasteiger partial charge is 0.471 e. The van der Waals surface area contributed by atoms with Gasteiger partial charge in [0.15, 0.2) is 0 Å². The number of hydrogen-bond donors (Lipinski definition) is 2. The van der Waals surface area contributed by atoms with E-state index in [1.54, 1.807) is 0 Å². The van der Waals surface area contributed by atoms with Gasteiger partial charge in [0.05, 0.1) is 5.41 Å².